The number of carbonyl (C=O) groups is 2. The Labute approximate surface area is 225 Å². The third-order valence-electron chi connectivity index (χ3n) is 5.18. The number of hydrogen-bond acceptors (Lipinski definition) is 4. The molecule has 0 aromatic heterocycles. The van der Waals surface area contributed by atoms with Crippen LogP contribution in [0.4, 0.5) is 5.69 Å². The number of rotatable bonds is 11. The van der Waals surface area contributed by atoms with E-state index in [-0.39, 0.29) is 18.4 Å². The van der Waals surface area contributed by atoms with E-state index in [2.05, 4.69) is 21.2 Å². The molecule has 35 heavy (non-hydrogen) atoms. The van der Waals surface area contributed by atoms with E-state index in [1.807, 2.05) is 13.8 Å². The second kappa shape index (κ2) is 12.9. The summed E-state index contributed by atoms with van der Waals surface area (Å²) in [5.74, 6) is -0.594. The lowest BCUT2D eigenvalue weighted by Crippen LogP contribution is -2.52. The summed E-state index contributed by atoms with van der Waals surface area (Å²) in [4.78, 5) is 28.1. The summed E-state index contributed by atoms with van der Waals surface area (Å²) >= 11 is 15.5. The highest BCUT2D eigenvalue weighted by Gasteiger charge is 2.31. The van der Waals surface area contributed by atoms with Crippen LogP contribution in [0.1, 0.15) is 32.8 Å². The van der Waals surface area contributed by atoms with Crippen LogP contribution in [0.15, 0.2) is 46.9 Å². The van der Waals surface area contributed by atoms with E-state index in [0.717, 1.165) is 10.6 Å². The normalized spacial score (nSPS) is 12.3. The van der Waals surface area contributed by atoms with Crippen LogP contribution in [-0.2, 0) is 26.2 Å². The molecule has 1 atom stereocenters. The molecule has 0 radical (unpaired) electrons. The molecular formula is C24H30BrCl2N3O4S. The minimum absolute atomic E-state index is 0.0550. The Balaban J connectivity index is 2.44. The number of anilines is 1. The predicted molar refractivity (Wildman–Crippen MR) is 145 cm³/mol. The zero-order chi connectivity index (χ0) is 26.3. The maximum Gasteiger partial charge on any atom is 0.244 e. The Bertz CT molecular complexity index is 1160. The largest absolute Gasteiger partial charge is 0.354 e. The molecule has 0 fully saturated rings. The lowest BCUT2D eigenvalue weighted by atomic mass is 10.1. The zero-order valence-corrected chi connectivity index (χ0v) is 24.0. The Morgan fingerprint density at radius 2 is 1.77 bits per heavy atom. The molecule has 0 spiro atoms. The van der Waals surface area contributed by atoms with Crippen molar-refractivity contribution in [1.82, 2.24) is 10.2 Å². The molecule has 0 unspecified atom stereocenters. The van der Waals surface area contributed by atoms with Gasteiger partial charge in [-0.2, -0.15) is 0 Å². The van der Waals surface area contributed by atoms with Crippen molar-refractivity contribution in [2.75, 3.05) is 23.7 Å². The van der Waals surface area contributed by atoms with E-state index in [9.17, 15) is 18.0 Å². The quantitative estimate of drug-likeness (QED) is 0.385. The molecule has 11 heteroatoms. The van der Waals surface area contributed by atoms with Crippen LogP contribution >= 0.6 is 39.1 Å². The minimum Gasteiger partial charge on any atom is -0.354 e. The van der Waals surface area contributed by atoms with Crippen LogP contribution in [0.3, 0.4) is 0 Å². The summed E-state index contributed by atoms with van der Waals surface area (Å²) in [5.41, 5.74) is 0.998. The maximum atomic E-state index is 13.6. The van der Waals surface area contributed by atoms with Crippen molar-refractivity contribution >= 4 is 66.7 Å². The van der Waals surface area contributed by atoms with Gasteiger partial charge in [-0.15, -0.1) is 0 Å². The van der Waals surface area contributed by atoms with Gasteiger partial charge >= 0.3 is 0 Å². The standard InChI is InChI=1S/C24H30BrCl2N3O4S/c1-5-22(24(32)28-13-16(2)3)29(14-17-9-10-20(26)21(27)11-17)23(31)15-30(35(4,33)34)19-8-6-7-18(25)12-19/h6-12,16,22H,5,13-15H2,1-4H3,(H,28,32)/t22-/m1/s1. The molecule has 0 aliphatic rings. The monoisotopic (exact) mass is 605 g/mol. The SMILES string of the molecule is CC[C@H](C(=O)NCC(C)C)N(Cc1ccc(Cl)c(Cl)c1)C(=O)CN(c1cccc(Br)c1)S(C)(=O)=O. The molecule has 0 aliphatic carbocycles. The third kappa shape index (κ3) is 8.66. The molecule has 2 amide bonds. The smallest absolute Gasteiger partial charge is 0.244 e. The summed E-state index contributed by atoms with van der Waals surface area (Å²) in [6, 6.07) is 10.8. The van der Waals surface area contributed by atoms with Crippen molar-refractivity contribution in [1.29, 1.82) is 0 Å². The van der Waals surface area contributed by atoms with Gasteiger partial charge in [0.2, 0.25) is 21.8 Å². The highest BCUT2D eigenvalue weighted by atomic mass is 79.9. The highest BCUT2D eigenvalue weighted by molar-refractivity contribution is 9.10. The summed E-state index contributed by atoms with van der Waals surface area (Å²) in [6.07, 6.45) is 1.38. The maximum absolute atomic E-state index is 13.6. The zero-order valence-electron chi connectivity index (χ0n) is 20.1. The molecule has 2 aromatic carbocycles. The van der Waals surface area contributed by atoms with Crippen LogP contribution in [-0.4, -0.2) is 50.5 Å². The first-order valence-electron chi connectivity index (χ1n) is 11.1. The van der Waals surface area contributed by atoms with Gasteiger partial charge in [0.1, 0.15) is 12.6 Å². The summed E-state index contributed by atoms with van der Waals surface area (Å²) < 4.78 is 26.9. The van der Waals surface area contributed by atoms with Crippen molar-refractivity contribution in [3.8, 4) is 0 Å². The fraction of sp³-hybridized carbons (Fsp3) is 0.417. The van der Waals surface area contributed by atoms with E-state index in [1.165, 1.54) is 4.90 Å². The molecule has 192 valence electrons. The number of nitrogens with one attached hydrogen (secondary N) is 1. The Kier molecular flexibility index (Phi) is 10.9. The minimum atomic E-state index is -3.80. The second-order valence-corrected chi connectivity index (χ2v) is 12.2. The van der Waals surface area contributed by atoms with Crippen LogP contribution in [0.25, 0.3) is 0 Å². The Morgan fingerprint density at radius 3 is 2.31 bits per heavy atom. The number of nitrogens with zero attached hydrogens (tertiary/aromatic N) is 2. The average Bonchev–Trinajstić information content (AvgIpc) is 2.77. The number of hydrogen-bond donors (Lipinski definition) is 1. The van der Waals surface area contributed by atoms with E-state index in [0.29, 0.717) is 38.7 Å². The van der Waals surface area contributed by atoms with Gasteiger partial charge in [-0.05, 0) is 48.2 Å². The van der Waals surface area contributed by atoms with Gasteiger partial charge in [-0.3, -0.25) is 13.9 Å². The molecular weight excluding hydrogens is 577 g/mol. The fourth-order valence-corrected chi connectivity index (χ4v) is 4.97. The molecule has 1 N–H and O–H groups in total. The number of amides is 2. The van der Waals surface area contributed by atoms with Gasteiger partial charge in [0.25, 0.3) is 0 Å². The number of carbonyl (C=O) groups excluding carboxylic acids is 2. The fourth-order valence-electron chi connectivity index (χ4n) is 3.42. The van der Waals surface area contributed by atoms with Gasteiger partial charge in [0.05, 0.1) is 22.0 Å². The van der Waals surface area contributed by atoms with E-state index in [1.54, 1.807) is 49.4 Å². The summed E-state index contributed by atoms with van der Waals surface area (Å²) in [5, 5.41) is 3.57. The first kappa shape index (κ1) is 29.4. The van der Waals surface area contributed by atoms with Gasteiger partial charge in [0.15, 0.2) is 0 Å². The molecule has 0 heterocycles. The van der Waals surface area contributed by atoms with Crippen molar-refractivity contribution in [3.05, 3.63) is 62.5 Å². The van der Waals surface area contributed by atoms with Crippen LogP contribution in [0.2, 0.25) is 10.0 Å². The molecule has 0 saturated heterocycles. The molecule has 7 nitrogen and oxygen atoms in total. The van der Waals surface area contributed by atoms with Crippen molar-refractivity contribution in [2.45, 2.75) is 39.8 Å². The van der Waals surface area contributed by atoms with Gasteiger partial charge in [-0.25, -0.2) is 8.42 Å². The number of sulfonamides is 1. The van der Waals surface area contributed by atoms with Gasteiger partial charge in [0, 0.05) is 17.6 Å². The molecule has 2 aromatic rings. The van der Waals surface area contributed by atoms with Crippen LogP contribution in [0, 0.1) is 5.92 Å². The molecule has 0 aliphatic heterocycles. The second-order valence-electron chi connectivity index (χ2n) is 8.58. The van der Waals surface area contributed by atoms with Crippen molar-refractivity contribution < 1.29 is 18.0 Å². The molecule has 0 bridgehead atoms. The summed E-state index contributed by atoms with van der Waals surface area (Å²) in [7, 11) is -3.80. The number of benzene rings is 2. The van der Waals surface area contributed by atoms with Crippen molar-refractivity contribution in [3.63, 3.8) is 0 Å². The van der Waals surface area contributed by atoms with Gasteiger partial charge < -0.3 is 10.2 Å². The third-order valence-corrected chi connectivity index (χ3v) is 7.56. The Hall–Kier alpha value is -1.81. The van der Waals surface area contributed by atoms with Crippen LogP contribution < -0.4 is 9.62 Å². The summed E-state index contributed by atoms with van der Waals surface area (Å²) in [6.45, 7) is 5.79. The van der Waals surface area contributed by atoms with Gasteiger partial charge in [-0.1, -0.05) is 72.0 Å². The van der Waals surface area contributed by atoms with Crippen LogP contribution in [0.5, 0.6) is 0 Å². The topological polar surface area (TPSA) is 86.8 Å². The predicted octanol–water partition coefficient (Wildman–Crippen LogP) is 5.10. The lowest BCUT2D eigenvalue weighted by molar-refractivity contribution is -0.140. The van der Waals surface area contributed by atoms with E-state index in [4.69, 9.17) is 23.2 Å². The molecule has 0 saturated carbocycles. The highest BCUT2D eigenvalue weighted by Crippen LogP contribution is 2.25. The first-order chi connectivity index (χ1) is 16.3. The first-order valence-corrected chi connectivity index (χ1v) is 14.5. The average molecular weight is 607 g/mol. The van der Waals surface area contributed by atoms with Crippen molar-refractivity contribution in [2.24, 2.45) is 5.92 Å². The van der Waals surface area contributed by atoms with E-state index >= 15 is 0 Å². The lowest BCUT2D eigenvalue weighted by Gasteiger charge is -2.33. The van der Waals surface area contributed by atoms with E-state index < -0.39 is 28.5 Å². The number of halogens is 3. The molecule has 2 rings (SSSR count). The Morgan fingerprint density at radius 1 is 1.09 bits per heavy atom.